The summed E-state index contributed by atoms with van der Waals surface area (Å²) < 4.78 is 4.76. The Labute approximate surface area is 83.6 Å². The molecule has 80 valence electrons. The number of ether oxygens (including phenoxy) is 1. The van der Waals surface area contributed by atoms with Crippen LogP contribution in [0.2, 0.25) is 0 Å². The summed E-state index contributed by atoms with van der Waals surface area (Å²) in [4.78, 5) is 21.6. The molecule has 0 saturated heterocycles. The Kier molecular flexibility index (Phi) is 4.91. The van der Waals surface area contributed by atoms with Gasteiger partial charge in [0.05, 0.1) is 12.8 Å². The number of carbonyl (C=O) groups is 2. The van der Waals surface area contributed by atoms with Crippen molar-refractivity contribution in [3.05, 3.63) is 12.7 Å². The lowest BCUT2D eigenvalue weighted by Gasteiger charge is -2.20. The first-order valence-corrected chi connectivity index (χ1v) is 4.36. The maximum atomic E-state index is 11.1. The Morgan fingerprint density at radius 3 is 2.43 bits per heavy atom. The minimum atomic E-state index is -0.911. The molecule has 0 aliphatic rings. The lowest BCUT2D eigenvalue weighted by molar-refractivity contribution is -0.146. The van der Waals surface area contributed by atoms with Gasteiger partial charge in [-0.3, -0.25) is 9.59 Å². The van der Waals surface area contributed by atoms with Gasteiger partial charge in [-0.15, -0.1) is 0 Å². The number of hydrogen-bond acceptors (Lipinski definition) is 3. The minimum absolute atomic E-state index is 0.0454. The van der Waals surface area contributed by atoms with Crippen molar-refractivity contribution >= 4 is 11.9 Å². The molecule has 0 aromatic rings. The molecule has 1 N–H and O–H groups in total. The zero-order chi connectivity index (χ0) is 11.2. The van der Waals surface area contributed by atoms with E-state index in [0.29, 0.717) is 0 Å². The fourth-order valence-electron chi connectivity index (χ4n) is 1.07. The van der Waals surface area contributed by atoms with E-state index in [0.717, 1.165) is 0 Å². The van der Waals surface area contributed by atoms with E-state index in [1.165, 1.54) is 6.08 Å². The average Bonchev–Trinajstić information content (AvgIpc) is 1.96. The standard InChI is InChI=1S/C10H16O4/c1-4-5-14-9(13)7-10(2,3)6-8(11)12/h4H,1,5-7H2,2-3H3,(H,11,12). The molecule has 14 heavy (non-hydrogen) atoms. The van der Waals surface area contributed by atoms with E-state index >= 15 is 0 Å². The average molecular weight is 200 g/mol. The van der Waals surface area contributed by atoms with Crippen LogP contribution in [0, 0.1) is 5.41 Å². The Bertz CT molecular complexity index is 230. The summed E-state index contributed by atoms with van der Waals surface area (Å²) >= 11 is 0. The summed E-state index contributed by atoms with van der Waals surface area (Å²) in [5, 5.41) is 8.57. The van der Waals surface area contributed by atoms with E-state index in [2.05, 4.69) is 6.58 Å². The van der Waals surface area contributed by atoms with E-state index in [4.69, 9.17) is 9.84 Å². The van der Waals surface area contributed by atoms with E-state index in [1.807, 2.05) is 0 Å². The minimum Gasteiger partial charge on any atom is -0.481 e. The van der Waals surface area contributed by atoms with Crippen molar-refractivity contribution in [2.45, 2.75) is 26.7 Å². The summed E-state index contributed by atoms with van der Waals surface area (Å²) in [6.07, 6.45) is 1.53. The van der Waals surface area contributed by atoms with Gasteiger partial charge in [0.25, 0.3) is 0 Å². The van der Waals surface area contributed by atoms with Gasteiger partial charge < -0.3 is 9.84 Å². The molecule has 0 aliphatic carbocycles. The second-order valence-electron chi connectivity index (χ2n) is 3.88. The van der Waals surface area contributed by atoms with Crippen LogP contribution in [-0.4, -0.2) is 23.7 Å². The summed E-state index contributed by atoms with van der Waals surface area (Å²) in [5.74, 6) is -1.30. The van der Waals surface area contributed by atoms with Crippen molar-refractivity contribution in [1.82, 2.24) is 0 Å². The van der Waals surface area contributed by atoms with Crippen molar-refractivity contribution < 1.29 is 19.4 Å². The fourth-order valence-corrected chi connectivity index (χ4v) is 1.07. The molecule has 0 aromatic heterocycles. The van der Waals surface area contributed by atoms with Crippen LogP contribution in [0.5, 0.6) is 0 Å². The van der Waals surface area contributed by atoms with Gasteiger partial charge in [0.2, 0.25) is 0 Å². The number of carboxylic acids is 1. The Morgan fingerprint density at radius 2 is 2.00 bits per heavy atom. The van der Waals surface area contributed by atoms with Crippen LogP contribution in [0.3, 0.4) is 0 Å². The van der Waals surface area contributed by atoms with Crippen molar-refractivity contribution in [2.75, 3.05) is 6.61 Å². The summed E-state index contributed by atoms with van der Waals surface area (Å²) in [5.41, 5.74) is -0.565. The molecule has 0 saturated carbocycles. The topological polar surface area (TPSA) is 63.6 Å². The third-order valence-corrected chi connectivity index (χ3v) is 1.61. The van der Waals surface area contributed by atoms with Gasteiger partial charge in [0.15, 0.2) is 0 Å². The predicted molar refractivity (Wildman–Crippen MR) is 51.8 cm³/mol. The van der Waals surface area contributed by atoms with Crippen LogP contribution in [0.4, 0.5) is 0 Å². The highest BCUT2D eigenvalue weighted by atomic mass is 16.5. The molecular formula is C10H16O4. The van der Waals surface area contributed by atoms with Crippen LogP contribution in [0.1, 0.15) is 26.7 Å². The number of aliphatic carboxylic acids is 1. The molecule has 0 amide bonds. The third-order valence-electron chi connectivity index (χ3n) is 1.61. The van der Waals surface area contributed by atoms with Gasteiger partial charge in [0, 0.05) is 0 Å². The molecule has 0 rings (SSSR count). The molecular weight excluding hydrogens is 184 g/mol. The lowest BCUT2D eigenvalue weighted by atomic mass is 9.86. The summed E-state index contributed by atoms with van der Waals surface area (Å²) in [6.45, 7) is 7.01. The van der Waals surface area contributed by atoms with Crippen LogP contribution >= 0.6 is 0 Å². The molecule has 0 aromatic carbocycles. The Balaban J connectivity index is 4.00. The molecule has 0 unspecified atom stereocenters. The van der Waals surface area contributed by atoms with Crippen LogP contribution in [-0.2, 0) is 14.3 Å². The molecule has 0 spiro atoms. The first-order valence-electron chi connectivity index (χ1n) is 4.36. The van der Waals surface area contributed by atoms with Gasteiger partial charge in [0.1, 0.15) is 6.61 Å². The molecule has 0 bridgehead atoms. The predicted octanol–water partition coefficient (Wildman–Crippen LogP) is 1.61. The highest BCUT2D eigenvalue weighted by Gasteiger charge is 2.25. The third kappa shape index (κ3) is 6.22. The molecule has 0 radical (unpaired) electrons. The van der Waals surface area contributed by atoms with Gasteiger partial charge in [-0.1, -0.05) is 26.5 Å². The summed E-state index contributed by atoms with van der Waals surface area (Å²) in [6, 6.07) is 0. The van der Waals surface area contributed by atoms with Gasteiger partial charge >= 0.3 is 11.9 Å². The Hall–Kier alpha value is -1.32. The quantitative estimate of drug-likeness (QED) is 0.522. The van der Waals surface area contributed by atoms with Crippen molar-refractivity contribution in [2.24, 2.45) is 5.41 Å². The van der Waals surface area contributed by atoms with Crippen molar-refractivity contribution in [3.8, 4) is 0 Å². The monoisotopic (exact) mass is 200 g/mol. The molecule has 4 nitrogen and oxygen atoms in total. The van der Waals surface area contributed by atoms with Gasteiger partial charge in [-0.2, -0.15) is 0 Å². The number of esters is 1. The lowest BCUT2D eigenvalue weighted by Crippen LogP contribution is -2.22. The maximum absolute atomic E-state index is 11.1. The molecule has 0 fully saturated rings. The molecule has 0 heterocycles. The van der Waals surface area contributed by atoms with E-state index < -0.39 is 17.4 Å². The van der Waals surface area contributed by atoms with Crippen LogP contribution in [0.25, 0.3) is 0 Å². The maximum Gasteiger partial charge on any atom is 0.306 e. The summed E-state index contributed by atoms with van der Waals surface area (Å²) in [7, 11) is 0. The van der Waals surface area contributed by atoms with Crippen molar-refractivity contribution in [1.29, 1.82) is 0 Å². The van der Waals surface area contributed by atoms with Crippen LogP contribution in [0.15, 0.2) is 12.7 Å². The van der Waals surface area contributed by atoms with Crippen LogP contribution < -0.4 is 0 Å². The Morgan fingerprint density at radius 1 is 1.43 bits per heavy atom. The van der Waals surface area contributed by atoms with Crippen molar-refractivity contribution in [3.63, 3.8) is 0 Å². The van der Waals surface area contributed by atoms with E-state index in [1.54, 1.807) is 13.8 Å². The number of rotatable bonds is 6. The highest BCUT2D eigenvalue weighted by Crippen LogP contribution is 2.25. The second kappa shape index (κ2) is 5.42. The number of hydrogen-bond donors (Lipinski definition) is 1. The van der Waals surface area contributed by atoms with E-state index in [-0.39, 0.29) is 19.4 Å². The smallest absolute Gasteiger partial charge is 0.306 e. The normalized spacial score (nSPS) is 10.7. The molecule has 4 heteroatoms. The first-order chi connectivity index (χ1) is 6.37. The second-order valence-corrected chi connectivity index (χ2v) is 3.88. The SMILES string of the molecule is C=CCOC(=O)CC(C)(C)CC(=O)O. The molecule has 0 aliphatic heterocycles. The molecule has 0 atom stereocenters. The van der Waals surface area contributed by atoms with Gasteiger partial charge in [-0.25, -0.2) is 0 Å². The number of carboxylic acid groups (broad SMARTS) is 1. The largest absolute Gasteiger partial charge is 0.481 e. The number of carbonyl (C=O) groups excluding carboxylic acids is 1. The highest BCUT2D eigenvalue weighted by molar-refractivity contribution is 5.73. The zero-order valence-electron chi connectivity index (χ0n) is 8.58. The fraction of sp³-hybridized carbons (Fsp3) is 0.600. The zero-order valence-corrected chi connectivity index (χ0v) is 8.58. The van der Waals surface area contributed by atoms with Gasteiger partial charge in [-0.05, 0) is 5.41 Å². The van der Waals surface area contributed by atoms with E-state index in [9.17, 15) is 9.59 Å². The first kappa shape index (κ1) is 12.7.